The van der Waals surface area contributed by atoms with Crippen molar-refractivity contribution in [1.82, 2.24) is 30.1 Å². The summed E-state index contributed by atoms with van der Waals surface area (Å²) >= 11 is 0. The number of pyridine rings is 1. The second-order valence-corrected chi connectivity index (χ2v) is 9.38. The van der Waals surface area contributed by atoms with Crippen LogP contribution in [0.15, 0.2) is 60.8 Å². The molecule has 4 aromatic rings. The molecule has 0 fully saturated rings. The number of amides is 3. The standard InChI is InChI=1S/C28H28F3N7O5/c1-37(13-3-12-32-27(41)42)25(40)19-8-10-21(22(14-19)43-2)34-26-35-23-11-9-20(15-38(23)36-26)17-4-6-18(7-5-17)24(39)33-16-28(29,30)31/h4-11,14-15,32H,3,12-13,16H2,1-2H3,(H,33,39)(H,34,36)(H,41,42). The molecule has 0 aliphatic rings. The number of hydrogen-bond acceptors (Lipinski definition) is 7. The number of halogens is 3. The van der Waals surface area contributed by atoms with Crippen molar-refractivity contribution >= 4 is 35.2 Å². The Labute approximate surface area is 243 Å². The number of rotatable bonds is 11. The van der Waals surface area contributed by atoms with Crippen LogP contribution < -0.4 is 20.7 Å². The zero-order valence-electron chi connectivity index (χ0n) is 23.1. The lowest BCUT2D eigenvalue weighted by Crippen LogP contribution is -2.33. The van der Waals surface area contributed by atoms with Gasteiger partial charge in [-0.2, -0.15) is 18.2 Å². The quantitative estimate of drug-likeness (QED) is 0.188. The van der Waals surface area contributed by atoms with Crippen LogP contribution in [0.1, 0.15) is 27.1 Å². The van der Waals surface area contributed by atoms with Crippen molar-refractivity contribution in [2.75, 3.05) is 39.1 Å². The van der Waals surface area contributed by atoms with E-state index in [9.17, 15) is 27.6 Å². The second kappa shape index (κ2) is 13.1. The average Bonchev–Trinajstić information content (AvgIpc) is 3.39. The van der Waals surface area contributed by atoms with Crippen molar-refractivity contribution < 1.29 is 37.4 Å². The number of nitrogens with zero attached hydrogens (tertiary/aromatic N) is 4. The summed E-state index contributed by atoms with van der Waals surface area (Å²) < 4.78 is 44.1. The largest absolute Gasteiger partial charge is 0.495 e. The first-order valence-corrected chi connectivity index (χ1v) is 12.9. The molecule has 15 heteroatoms. The number of hydrogen-bond donors (Lipinski definition) is 4. The van der Waals surface area contributed by atoms with E-state index in [1.54, 1.807) is 60.2 Å². The predicted molar refractivity (Wildman–Crippen MR) is 151 cm³/mol. The predicted octanol–water partition coefficient (Wildman–Crippen LogP) is 4.17. The number of benzene rings is 2. The number of carbonyl (C=O) groups excluding carboxylic acids is 2. The fourth-order valence-corrected chi connectivity index (χ4v) is 4.08. The summed E-state index contributed by atoms with van der Waals surface area (Å²) in [5, 5.41) is 20.3. The SMILES string of the molecule is COc1cc(C(=O)N(C)CCCNC(=O)O)ccc1Nc1nc2ccc(-c3ccc(C(=O)NCC(F)(F)F)cc3)cn2n1. The Kier molecular flexibility index (Phi) is 9.33. The first-order chi connectivity index (χ1) is 20.4. The van der Waals surface area contributed by atoms with E-state index in [-0.39, 0.29) is 24.0 Å². The lowest BCUT2D eigenvalue weighted by Gasteiger charge is -2.18. The van der Waals surface area contributed by atoms with Gasteiger partial charge in [0, 0.05) is 43.0 Å². The van der Waals surface area contributed by atoms with Crippen LogP contribution in [0.4, 0.5) is 29.6 Å². The molecule has 4 rings (SSSR count). The number of ether oxygens (including phenoxy) is 1. The molecule has 0 atom stereocenters. The highest BCUT2D eigenvalue weighted by Gasteiger charge is 2.28. The maximum atomic E-state index is 12.8. The molecular formula is C28H28F3N7O5. The zero-order valence-corrected chi connectivity index (χ0v) is 23.1. The van der Waals surface area contributed by atoms with E-state index >= 15 is 0 Å². The molecule has 3 amide bonds. The van der Waals surface area contributed by atoms with Crippen molar-refractivity contribution in [2.45, 2.75) is 12.6 Å². The van der Waals surface area contributed by atoms with Crippen molar-refractivity contribution in [3.63, 3.8) is 0 Å². The van der Waals surface area contributed by atoms with Gasteiger partial charge >= 0.3 is 12.3 Å². The van der Waals surface area contributed by atoms with Crippen LogP contribution in [0.3, 0.4) is 0 Å². The third kappa shape index (κ3) is 8.12. The highest BCUT2D eigenvalue weighted by Crippen LogP contribution is 2.29. The molecule has 0 spiro atoms. The molecule has 2 heterocycles. The van der Waals surface area contributed by atoms with E-state index in [2.05, 4.69) is 20.7 Å². The maximum Gasteiger partial charge on any atom is 0.405 e. The van der Waals surface area contributed by atoms with Gasteiger partial charge in [-0.25, -0.2) is 9.31 Å². The van der Waals surface area contributed by atoms with Gasteiger partial charge in [0.05, 0.1) is 12.8 Å². The Morgan fingerprint density at radius 3 is 2.37 bits per heavy atom. The molecule has 0 unspecified atom stereocenters. The average molecular weight is 600 g/mol. The molecule has 12 nitrogen and oxygen atoms in total. The number of anilines is 2. The number of nitrogens with one attached hydrogen (secondary N) is 3. The van der Waals surface area contributed by atoms with Gasteiger partial charge in [0.2, 0.25) is 5.95 Å². The fraction of sp³-hybridized carbons (Fsp3) is 0.250. The van der Waals surface area contributed by atoms with Gasteiger partial charge < -0.3 is 30.7 Å². The van der Waals surface area contributed by atoms with Crippen molar-refractivity contribution in [2.24, 2.45) is 0 Å². The van der Waals surface area contributed by atoms with Crippen molar-refractivity contribution in [3.8, 4) is 16.9 Å². The molecule has 2 aromatic heterocycles. The molecule has 2 aromatic carbocycles. The van der Waals surface area contributed by atoms with Gasteiger partial charge in [0.1, 0.15) is 12.3 Å². The van der Waals surface area contributed by atoms with E-state index < -0.39 is 24.7 Å². The molecular weight excluding hydrogens is 571 g/mol. The third-order valence-electron chi connectivity index (χ3n) is 6.25. The summed E-state index contributed by atoms with van der Waals surface area (Å²) in [7, 11) is 3.09. The minimum atomic E-state index is -4.49. The monoisotopic (exact) mass is 599 g/mol. The molecule has 226 valence electrons. The first kappa shape index (κ1) is 30.6. The zero-order chi connectivity index (χ0) is 31.1. The van der Waals surface area contributed by atoms with Crippen LogP contribution in [-0.2, 0) is 0 Å². The normalized spacial score (nSPS) is 11.2. The van der Waals surface area contributed by atoms with E-state index in [4.69, 9.17) is 9.84 Å². The van der Waals surface area contributed by atoms with E-state index in [0.717, 1.165) is 5.56 Å². The van der Waals surface area contributed by atoms with Gasteiger partial charge in [0.25, 0.3) is 11.8 Å². The van der Waals surface area contributed by atoms with E-state index in [0.29, 0.717) is 41.2 Å². The minimum Gasteiger partial charge on any atom is -0.495 e. The Hall–Kier alpha value is -5.34. The highest BCUT2D eigenvalue weighted by molar-refractivity contribution is 5.95. The molecule has 0 saturated carbocycles. The summed E-state index contributed by atoms with van der Waals surface area (Å²) in [6.45, 7) is -0.823. The maximum absolute atomic E-state index is 12.8. The van der Waals surface area contributed by atoms with Gasteiger partial charge in [0.15, 0.2) is 5.65 Å². The fourth-order valence-electron chi connectivity index (χ4n) is 4.08. The number of carbonyl (C=O) groups is 3. The summed E-state index contributed by atoms with van der Waals surface area (Å²) in [6, 6.07) is 14.5. The summed E-state index contributed by atoms with van der Waals surface area (Å²) in [5.74, 6) is -0.440. The number of aromatic nitrogens is 3. The van der Waals surface area contributed by atoms with Crippen LogP contribution in [0, 0.1) is 0 Å². The molecule has 0 saturated heterocycles. The van der Waals surface area contributed by atoms with Crippen LogP contribution in [0.2, 0.25) is 0 Å². The van der Waals surface area contributed by atoms with E-state index in [1.807, 2.05) is 5.32 Å². The van der Waals surface area contributed by atoms with Crippen LogP contribution in [0.5, 0.6) is 5.75 Å². The highest BCUT2D eigenvalue weighted by atomic mass is 19.4. The second-order valence-electron chi connectivity index (χ2n) is 9.38. The van der Waals surface area contributed by atoms with Gasteiger partial charge in [-0.05, 0) is 54.4 Å². The Balaban J connectivity index is 1.44. The smallest absolute Gasteiger partial charge is 0.405 e. The van der Waals surface area contributed by atoms with Gasteiger partial charge in [-0.1, -0.05) is 12.1 Å². The Morgan fingerprint density at radius 1 is 1.00 bits per heavy atom. The summed E-state index contributed by atoms with van der Waals surface area (Å²) in [5.41, 5.74) is 2.97. The Bertz CT molecular complexity index is 1620. The summed E-state index contributed by atoms with van der Waals surface area (Å²) in [4.78, 5) is 41.3. The van der Waals surface area contributed by atoms with Crippen LogP contribution in [0.25, 0.3) is 16.8 Å². The number of alkyl halides is 3. The molecule has 43 heavy (non-hydrogen) atoms. The van der Waals surface area contributed by atoms with Crippen molar-refractivity contribution in [1.29, 1.82) is 0 Å². The lowest BCUT2D eigenvalue weighted by atomic mass is 10.1. The summed E-state index contributed by atoms with van der Waals surface area (Å²) in [6.07, 6.45) is -3.44. The minimum absolute atomic E-state index is 0.0997. The Morgan fingerprint density at radius 2 is 1.70 bits per heavy atom. The first-order valence-electron chi connectivity index (χ1n) is 12.9. The molecule has 0 radical (unpaired) electrons. The number of carboxylic acid groups (broad SMARTS) is 1. The topological polar surface area (TPSA) is 150 Å². The van der Waals surface area contributed by atoms with Gasteiger partial charge in [-0.3, -0.25) is 9.59 Å². The lowest BCUT2D eigenvalue weighted by molar-refractivity contribution is -0.123. The number of fused-ring (bicyclic) bond motifs is 1. The van der Waals surface area contributed by atoms with Gasteiger partial charge in [-0.15, -0.1) is 5.10 Å². The van der Waals surface area contributed by atoms with Crippen LogP contribution in [-0.4, -0.2) is 82.5 Å². The molecule has 0 bridgehead atoms. The molecule has 0 aliphatic carbocycles. The third-order valence-corrected chi connectivity index (χ3v) is 6.25. The molecule has 4 N–H and O–H groups in total. The number of methoxy groups -OCH3 is 1. The van der Waals surface area contributed by atoms with Crippen molar-refractivity contribution in [3.05, 3.63) is 71.9 Å². The molecule has 0 aliphatic heterocycles. The van der Waals surface area contributed by atoms with E-state index in [1.165, 1.54) is 24.1 Å². The van der Waals surface area contributed by atoms with Crippen LogP contribution >= 0.6 is 0 Å².